The van der Waals surface area contributed by atoms with E-state index in [1.807, 2.05) is 24.3 Å². The lowest BCUT2D eigenvalue weighted by Crippen LogP contribution is -2.06. The van der Waals surface area contributed by atoms with Gasteiger partial charge in [-0.25, -0.2) is 4.98 Å². The van der Waals surface area contributed by atoms with E-state index in [1.54, 1.807) is 19.4 Å². The van der Waals surface area contributed by atoms with E-state index >= 15 is 0 Å². The number of nitrogen functional groups attached to an aromatic ring is 1. The summed E-state index contributed by atoms with van der Waals surface area (Å²) >= 11 is 0. The van der Waals surface area contributed by atoms with Gasteiger partial charge in [0.25, 0.3) is 0 Å². The van der Waals surface area contributed by atoms with Crippen molar-refractivity contribution in [3.63, 3.8) is 0 Å². The zero-order valence-corrected chi connectivity index (χ0v) is 8.84. The second-order valence-corrected chi connectivity index (χ2v) is 3.14. The van der Waals surface area contributed by atoms with Crippen LogP contribution in [-0.4, -0.2) is 17.1 Å². The molecule has 0 unspecified atom stereocenters. The zero-order chi connectivity index (χ0) is 11.4. The summed E-state index contributed by atoms with van der Waals surface area (Å²) in [4.78, 5) is 8.40. The van der Waals surface area contributed by atoms with Crippen LogP contribution in [-0.2, 0) is 0 Å². The van der Waals surface area contributed by atoms with E-state index in [0.29, 0.717) is 11.7 Å². The highest BCUT2D eigenvalue weighted by Crippen LogP contribution is 2.18. The molecule has 0 amide bonds. The first kappa shape index (κ1) is 10.4. The molecule has 16 heavy (non-hydrogen) atoms. The van der Waals surface area contributed by atoms with Crippen LogP contribution in [0.15, 0.2) is 36.5 Å². The van der Waals surface area contributed by atoms with Crippen LogP contribution in [0, 0.1) is 0 Å². The van der Waals surface area contributed by atoms with Crippen molar-refractivity contribution in [2.24, 2.45) is 5.84 Å². The molecule has 0 spiro atoms. The number of rotatable bonds is 3. The Morgan fingerprint density at radius 2 is 1.94 bits per heavy atom. The van der Waals surface area contributed by atoms with E-state index in [1.165, 1.54) is 0 Å². The summed E-state index contributed by atoms with van der Waals surface area (Å²) in [6.45, 7) is 0. The fraction of sp³-hybridized carbons (Fsp3) is 0.0909. The van der Waals surface area contributed by atoms with E-state index in [4.69, 9.17) is 10.6 Å². The van der Waals surface area contributed by atoms with Crippen molar-refractivity contribution in [2.75, 3.05) is 12.5 Å². The van der Waals surface area contributed by atoms with Crippen LogP contribution in [0.1, 0.15) is 0 Å². The van der Waals surface area contributed by atoms with E-state index in [2.05, 4.69) is 15.4 Å². The van der Waals surface area contributed by atoms with Crippen molar-refractivity contribution >= 4 is 5.69 Å². The van der Waals surface area contributed by atoms with Gasteiger partial charge in [-0.15, -0.1) is 0 Å². The maximum Gasteiger partial charge on any atom is 0.216 e. The molecule has 0 saturated heterocycles. The lowest BCUT2D eigenvalue weighted by Gasteiger charge is -2.04. The maximum atomic E-state index is 5.28. The quantitative estimate of drug-likeness (QED) is 0.600. The Morgan fingerprint density at radius 3 is 2.56 bits per heavy atom. The van der Waals surface area contributed by atoms with Gasteiger partial charge in [0.1, 0.15) is 0 Å². The number of ether oxygens (including phenoxy) is 1. The number of anilines is 1. The average molecular weight is 216 g/mol. The zero-order valence-electron chi connectivity index (χ0n) is 8.84. The molecule has 0 aliphatic rings. The highest BCUT2D eigenvalue weighted by atomic mass is 16.5. The molecule has 1 heterocycles. The van der Waals surface area contributed by atoms with Gasteiger partial charge in [-0.1, -0.05) is 0 Å². The number of hydrogen-bond acceptors (Lipinski definition) is 5. The number of nitrogens with one attached hydrogen (secondary N) is 1. The van der Waals surface area contributed by atoms with Crippen molar-refractivity contribution in [1.29, 1.82) is 0 Å². The predicted molar refractivity (Wildman–Crippen MR) is 61.8 cm³/mol. The molecule has 5 heteroatoms. The number of methoxy groups -OCH3 is 1. The van der Waals surface area contributed by atoms with Crippen LogP contribution in [0.5, 0.6) is 5.88 Å². The third-order valence-corrected chi connectivity index (χ3v) is 2.15. The number of hydrazine groups is 1. The Morgan fingerprint density at radius 1 is 1.19 bits per heavy atom. The maximum absolute atomic E-state index is 5.28. The Bertz CT molecular complexity index is 470. The molecule has 5 nitrogen and oxygen atoms in total. The van der Waals surface area contributed by atoms with Crippen molar-refractivity contribution in [1.82, 2.24) is 9.97 Å². The van der Waals surface area contributed by atoms with Gasteiger partial charge in [-0.3, -0.25) is 5.84 Å². The molecule has 0 radical (unpaired) electrons. The lowest BCUT2D eigenvalue weighted by atomic mass is 10.2. The largest absolute Gasteiger partial charge is 0.481 e. The Kier molecular flexibility index (Phi) is 2.98. The highest BCUT2D eigenvalue weighted by Gasteiger charge is 2.02. The minimum absolute atomic E-state index is 0.547. The van der Waals surface area contributed by atoms with E-state index < -0.39 is 0 Å². The molecule has 2 aromatic rings. The molecule has 0 saturated carbocycles. The van der Waals surface area contributed by atoms with Crippen LogP contribution in [0.3, 0.4) is 0 Å². The molecule has 1 aromatic heterocycles. The molecule has 2 rings (SSSR count). The molecule has 0 aliphatic heterocycles. The van der Waals surface area contributed by atoms with E-state index in [-0.39, 0.29) is 0 Å². The molecule has 1 aromatic carbocycles. The number of nitrogens with two attached hydrogens (primary N) is 1. The van der Waals surface area contributed by atoms with Crippen molar-refractivity contribution in [2.45, 2.75) is 0 Å². The first-order chi connectivity index (χ1) is 7.83. The monoisotopic (exact) mass is 216 g/mol. The Labute approximate surface area is 93.3 Å². The SMILES string of the molecule is COc1ccnc(-c2ccc(NN)cc2)n1. The van der Waals surface area contributed by atoms with Gasteiger partial charge in [0.05, 0.1) is 7.11 Å². The first-order valence-corrected chi connectivity index (χ1v) is 4.77. The van der Waals surface area contributed by atoms with Gasteiger partial charge in [0.2, 0.25) is 5.88 Å². The van der Waals surface area contributed by atoms with Crippen molar-refractivity contribution in [3.05, 3.63) is 36.5 Å². The average Bonchev–Trinajstić information content (AvgIpc) is 2.39. The van der Waals surface area contributed by atoms with Gasteiger partial charge in [-0.2, -0.15) is 4.98 Å². The fourth-order valence-corrected chi connectivity index (χ4v) is 1.31. The molecular weight excluding hydrogens is 204 g/mol. The Balaban J connectivity index is 2.34. The topological polar surface area (TPSA) is 73.1 Å². The Hall–Kier alpha value is -2.14. The number of hydrogen-bond donors (Lipinski definition) is 2. The molecule has 0 bridgehead atoms. The minimum atomic E-state index is 0.547. The van der Waals surface area contributed by atoms with Crippen molar-refractivity contribution < 1.29 is 4.74 Å². The lowest BCUT2D eigenvalue weighted by molar-refractivity contribution is 0.397. The summed E-state index contributed by atoms with van der Waals surface area (Å²) in [5.41, 5.74) is 4.32. The van der Waals surface area contributed by atoms with Gasteiger partial charge in [0, 0.05) is 23.5 Å². The van der Waals surface area contributed by atoms with Crippen molar-refractivity contribution in [3.8, 4) is 17.3 Å². The second kappa shape index (κ2) is 4.59. The molecule has 0 fully saturated rings. The van der Waals surface area contributed by atoms with Crippen LogP contribution < -0.4 is 16.0 Å². The standard InChI is InChI=1S/C11H12N4O/c1-16-10-6-7-13-11(14-10)8-2-4-9(15-12)5-3-8/h2-7,15H,12H2,1H3. The molecule has 82 valence electrons. The molecule has 0 aliphatic carbocycles. The third-order valence-electron chi connectivity index (χ3n) is 2.15. The fourth-order valence-electron chi connectivity index (χ4n) is 1.31. The first-order valence-electron chi connectivity index (χ1n) is 4.77. The summed E-state index contributed by atoms with van der Waals surface area (Å²) in [5, 5.41) is 0. The van der Waals surface area contributed by atoms with Crippen LogP contribution in [0.2, 0.25) is 0 Å². The normalized spacial score (nSPS) is 9.88. The van der Waals surface area contributed by atoms with E-state index in [9.17, 15) is 0 Å². The van der Waals surface area contributed by atoms with Gasteiger partial charge >= 0.3 is 0 Å². The summed E-state index contributed by atoms with van der Waals surface area (Å²) in [5.74, 6) is 6.46. The molecular formula is C11H12N4O. The number of nitrogens with zero attached hydrogens (tertiary/aromatic N) is 2. The minimum Gasteiger partial charge on any atom is -0.481 e. The summed E-state index contributed by atoms with van der Waals surface area (Å²) < 4.78 is 5.04. The predicted octanol–water partition coefficient (Wildman–Crippen LogP) is 1.44. The summed E-state index contributed by atoms with van der Waals surface area (Å²) in [6.07, 6.45) is 1.66. The number of aromatic nitrogens is 2. The van der Waals surface area contributed by atoms with Gasteiger partial charge in [-0.05, 0) is 24.3 Å². The van der Waals surface area contributed by atoms with Crippen LogP contribution in [0.4, 0.5) is 5.69 Å². The smallest absolute Gasteiger partial charge is 0.216 e. The highest BCUT2D eigenvalue weighted by molar-refractivity contribution is 5.59. The summed E-state index contributed by atoms with van der Waals surface area (Å²) in [7, 11) is 1.58. The second-order valence-electron chi connectivity index (χ2n) is 3.14. The third kappa shape index (κ3) is 2.09. The van der Waals surface area contributed by atoms with Crippen LogP contribution in [0.25, 0.3) is 11.4 Å². The summed E-state index contributed by atoms with van der Waals surface area (Å²) in [6, 6.07) is 9.21. The van der Waals surface area contributed by atoms with Gasteiger partial charge < -0.3 is 10.2 Å². The molecule has 0 atom stereocenters. The molecule has 3 N–H and O–H groups in total. The van der Waals surface area contributed by atoms with E-state index in [0.717, 1.165) is 11.3 Å². The van der Waals surface area contributed by atoms with Crippen LogP contribution >= 0.6 is 0 Å². The van der Waals surface area contributed by atoms with Gasteiger partial charge in [0.15, 0.2) is 5.82 Å². The number of benzene rings is 1.